The van der Waals surface area contributed by atoms with Gasteiger partial charge in [0.15, 0.2) is 11.5 Å². The second-order valence-electron chi connectivity index (χ2n) is 5.46. The van der Waals surface area contributed by atoms with Crippen molar-refractivity contribution in [3.05, 3.63) is 17.7 Å². The topological polar surface area (TPSA) is 50.7 Å². The maximum atomic E-state index is 10.3. The lowest BCUT2D eigenvalue weighted by molar-refractivity contribution is 0.0893. The molecular formula is C15H22BNO3S. The van der Waals surface area contributed by atoms with Gasteiger partial charge in [0.05, 0.1) is 24.7 Å². The normalized spacial score (nSPS) is 17.3. The Hall–Kier alpha value is -0.845. The van der Waals surface area contributed by atoms with Crippen LogP contribution in [0.15, 0.2) is 17.0 Å². The molecule has 1 aliphatic rings. The van der Waals surface area contributed by atoms with Gasteiger partial charge in [-0.15, -0.1) is 11.8 Å². The van der Waals surface area contributed by atoms with E-state index in [1.165, 1.54) is 12.8 Å². The maximum absolute atomic E-state index is 10.3. The highest BCUT2D eigenvalue weighted by atomic mass is 32.2. The molecule has 2 rings (SSSR count). The monoisotopic (exact) mass is 307 g/mol. The van der Waals surface area contributed by atoms with Crippen molar-refractivity contribution in [3.8, 4) is 11.5 Å². The summed E-state index contributed by atoms with van der Waals surface area (Å²) in [4.78, 5) is 0.963. The second kappa shape index (κ2) is 6.94. The Morgan fingerprint density at radius 2 is 2.10 bits per heavy atom. The van der Waals surface area contributed by atoms with Crippen molar-refractivity contribution >= 4 is 19.6 Å². The number of benzene rings is 1. The first-order valence-corrected chi connectivity index (χ1v) is 8.26. The number of aliphatic hydroxyl groups is 1. The van der Waals surface area contributed by atoms with Crippen molar-refractivity contribution in [1.29, 1.82) is 0 Å². The summed E-state index contributed by atoms with van der Waals surface area (Å²) in [6, 6.07) is 3.83. The lowest BCUT2D eigenvalue weighted by Gasteiger charge is -2.26. The Kier molecular flexibility index (Phi) is 5.46. The van der Waals surface area contributed by atoms with Crippen molar-refractivity contribution in [2.24, 2.45) is 5.92 Å². The molecule has 1 unspecified atom stereocenters. The molecule has 0 heterocycles. The highest BCUT2D eigenvalue weighted by molar-refractivity contribution is 7.98. The van der Waals surface area contributed by atoms with Crippen molar-refractivity contribution in [1.82, 2.24) is 5.32 Å². The Labute approximate surface area is 132 Å². The van der Waals surface area contributed by atoms with E-state index in [0.29, 0.717) is 23.8 Å². The summed E-state index contributed by atoms with van der Waals surface area (Å²) in [5, 5.41) is 13.3. The Morgan fingerprint density at radius 3 is 2.62 bits per heavy atom. The summed E-state index contributed by atoms with van der Waals surface area (Å²) in [7, 11) is 9.17. The third kappa shape index (κ3) is 4.56. The summed E-state index contributed by atoms with van der Waals surface area (Å²) in [6.45, 7) is 0.760. The van der Waals surface area contributed by atoms with E-state index in [0.717, 1.165) is 17.0 Å². The van der Waals surface area contributed by atoms with E-state index in [1.54, 1.807) is 26.0 Å². The van der Waals surface area contributed by atoms with Gasteiger partial charge in [0.1, 0.15) is 7.85 Å². The second-order valence-corrected chi connectivity index (χ2v) is 6.31. The molecule has 0 spiro atoms. The highest BCUT2D eigenvalue weighted by Crippen LogP contribution is 2.38. The lowest BCUT2D eigenvalue weighted by atomic mass is 9.84. The summed E-state index contributed by atoms with van der Waals surface area (Å²) in [5.41, 5.74) is -0.497. The molecule has 6 heteroatoms. The molecule has 0 bridgehead atoms. The molecule has 1 aliphatic carbocycles. The number of hydrogen-bond donors (Lipinski definition) is 2. The van der Waals surface area contributed by atoms with Gasteiger partial charge in [-0.05, 0) is 49.3 Å². The summed E-state index contributed by atoms with van der Waals surface area (Å²) in [5.74, 6) is 2.02. The number of ether oxygens (including phenoxy) is 2. The van der Waals surface area contributed by atoms with Gasteiger partial charge in [-0.25, -0.2) is 0 Å². The molecular weight excluding hydrogens is 285 g/mol. The summed E-state index contributed by atoms with van der Waals surface area (Å²) >= 11 is 1.57. The van der Waals surface area contributed by atoms with E-state index < -0.39 is 5.62 Å². The average molecular weight is 307 g/mol. The Morgan fingerprint density at radius 1 is 1.38 bits per heavy atom. The minimum Gasteiger partial charge on any atom is -0.493 e. The van der Waals surface area contributed by atoms with Crippen molar-refractivity contribution < 1.29 is 14.6 Å². The van der Waals surface area contributed by atoms with Gasteiger partial charge in [0.25, 0.3) is 0 Å². The number of methoxy groups -OCH3 is 2. The smallest absolute Gasteiger partial charge is 0.174 e. The van der Waals surface area contributed by atoms with Gasteiger partial charge in [-0.3, -0.25) is 5.32 Å². The molecule has 1 saturated carbocycles. The van der Waals surface area contributed by atoms with Crippen LogP contribution in [0.25, 0.3) is 0 Å². The fourth-order valence-corrected chi connectivity index (χ4v) is 2.89. The molecule has 0 aliphatic heterocycles. The number of hydrogen-bond acceptors (Lipinski definition) is 5. The van der Waals surface area contributed by atoms with Crippen LogP contribution in [0.4, 0.5) is 0 Å². The minimum absolute atomic E-state index is 0.313. The van der Waals surface area contributed by atoms with E-state index in [4.69, 9.17) is 17.3 Å². The van der Waals surface area contributed by atoms with Crippen LogP contribution in [0.5, 0.6) is 11.5 Å². The van der Waals surface area contributed by atoms with E-state index >= 15 is 0 Å². The van der Waals surface area contributed by atoms with E-state index in [-0.39, 0.29) is 0 Å². The van der Waals surface area contributed by atoms with Crippen LogP contribution in [0, 0.1) is 5.92 Å². The molecule has 0 amide bonds. The zero-order valence-electron chi connectivity index (χ0n) is 12.8. The van der Waals surface area contributed by atoms with Crippen LogP contribution in [-0.2, 0) is 6.42 Å². The van der Waals surface area contributed by atoms with Crippen LogP contribution < -0.4 is 14.8 Å². The fourth-order valence-electron chi connectivity index (χ4n) is 2.25. The van der Waals surface area contributed by atoms with Crippen molar-refractivity contribution in [2.45, 2.75) is 29.8 Å². The molecule has 4 nitrogen and oxygen atoms in total. The standard InChI is InChI=1S/C15H22BNO3S/c1-19-12-6-11(7-13(21-3)14(12)20-2)8-15(16,18)17-9-10-4-5-10/h6-7,10,17-18H,4-5,8-9H2,1-3H3. The zero-order valence-corrected chi connectivity index (χ0v) is 13.6. The first-order valence-electron chi connectivity index (χ1n) is 7.04. The SMILES string of the molecule is [B]C(O)(Cc1cc(OC)c(OC)c(SC)c1)NCC1CC1. The molecule has 0 saturated heterocycles. The first kappa shape index (κ1) is 16.5. The molecule has 114 valence electrons. The summed E-state index contributed by atoms with van der Waals surface area (Å²) < 4.78 is 10.7. The van der Waals surface area contributed by atoms with Crippen LogP contribution in [-0.4, -0.2) is 45.6 Å². The summed E-state index contributed by atoms with van der Waals surface area (Å²) in [6.07, 6.45) is 4.72. The van der Waals surface area contributed by atoms with E-state index in [1.807, 2.05) is 18.4 Å². The quantitative estimate of drug-likeness (QED) is 0.436. The number of thioether (sulfide) groups is 1. The molecule has 1 aromatic rings. The van der Waals surface area contributed by atoms with Crippen molar-refractivity contribution in [3.63, 3.8) is 0 Å². The minimum atomic E-state index is -1.40. The molecule has 1 aromatic carbocycles. The predicted octanol–water partition coefficient (Wildman–Crippen LogP) is 1.78. The molecule has 1 atom stereocenters. The Balaban J connectivity index is 2.14. The van der Waals surface area contributed by atoms with Crippen LogP contribution in [0.3, 0.4) is 0 Å². The highest BCUT2D eigenvalue weighted by Gasteiger charge is 2.27. The van der Waals surface area contributed by atoms with Crippen molar-refractivity contribution in [2.75, 3.05) is 27.0 Å². The Bertz CT molecular complexity index is 467. The van der Waals surface area contributed by atoms with Gasteiger partial charge in [0, 0.05) is 6.42 Å². The predicted molar refractivity (Wildman–Crippen MR) is 86.5 cm³/mol. The number of rotatable bonds is 8. The third-order valence-electron chi connectivity index (χ3n) is 3.59. The van der Waals surface area contributed by atoms with Gasteiger partial charge < -0.3 is 14.6 Å². The molecule has 21 heavy (non-hydrogen) atoms. The maximum Gasteiger partial charge on any atom is 0.174 e. The molecule has 2 N–H and O–H groups in total. The van der Waals surface area contributed by atoms with Crippen LogP contribution in [0.2, 0.25) is 0 Å². The van der Waals surface area contributed by atoms with Gasteiger partial charge in [-0.2, -0.15) is 0 Å². The lowest BCUT2D eigenvalue weighted by Crippen LogP contribution is -2.48. The van der Waals surface area contributed by atoms with Crippen LogP contribution >= 0.6 is 11.8 Å². The molecule has 0 aromatic heterocycles. The zero-order chi connectivity index (χ0) is 15.5. The molecule has 2 radical (unpaired) electrons. The average Bonchev–Trinajstić information content (AvgIpc) is 3.28. The van der Waals surface area contributed by atoms with E-state index in [9.17, 15) is 5.11 Å². The fraction of sp³-hybridized carbons (Fsp3) is 0.600. The third-order valence-corrected chi connectivity index (χ3v) is 4.33. The number of nitrogens with one attached hydrogen (secondary N) is 1. The van der Waals surface area contributed by atoms with Gasteiger partial charge in [0.2, 0.25) is 0 Å². The van der Waals surface area contributed by atoms with Gasteiger partial charge >= 0.3 is 0 Å². The first-order chi connectivity index (χ1) is 9.99. The van der Waals surface area contributed by atoms with Gasteiger partial charge in [-0.1, -0.05) is 0 Å². The molecule has 1 fully saturated rings. The largest absolute Gasteiger partial charge is 0.493 e. The van der Waals surface area contributed by atoms with E-state index in [2.05, 4.69) is 5.32 Å². The van der Waals surface area contributed by atoms with Crippen LogP contribution in [0.1, 0.15) is 18.4 Å².